The SMILES string of the molecule is NC(=O)[C@H]1CCCN1S(=O)(=O)c1ccc(OC(F)(F)F)cc1. The number of nitrogens with zero attached hydrogens (tertiary/aromatic N) is 1. The number of carbonyl (C=O) groups is 1. The predicted molar refractivity (Wildman–Crippen MR) is 69.2 cm³/mol. The lowest BCUT2D eigenvalue weighted by Crippen LogP contribution is -2.43. The molecule has 1 aromatic carbocycles. The molecule has 0 spiro atoms. The van der Waals surface area contributed by atoms with Gasteiger partial charge in [0, 0.05) is 6.54 Å². The Kier molecular flexibility index (Phi) is 4.34. The van der Waals surface area contributed by atoms with Crippen LogP contribution in [0.1, 0.15) is 12.8 Å². The van der Waals surface area contributed by atoms with Gasteiger partial charge in [-0.25, -0.2) is 8.42 Å². The van der Waals surface area contributed by atoms with Gasteiger partial charge >= 0.3 is 6.36 Å². The summed E-state index contributed by atoms with van der Waals surface area (Å²) in [5.74, 6) is -1.28. The van der Waals surface area contributed by atoms with Crippen molar-refractivity contribution in [2.45, 2.75) is 30.1 Å². The minimum absolute atomic E-state index is 0.136. The van der Waals surface area contributed by atoms with Crippen molar-refractivity contribution in [2.75, 3.05) is 6.54 Å². The molecule has 10 heteroatoms. The van der Waals surface area contributed by atoms with Crippen LogP contribution in [-0.2, 0) is 14.8 Å². The van der Waals surface area contributed by atoms with Crippen molar-refractivity contribution < 1.29 is 31.1 Å². The van der Waals surface area contributed by atoms with Gasteiger partial charge in [0.1, 0.15) is 11.8 Å². The summed E-state index contributed by atoms with van der Waals surface area (Å²) in [6, 6.07) is 2.85. The molecule has 0 saturated carbocycles. The molecule has 1 aliphatic heterocycles. The number of rotatable bonds is 4. The Bertz CT molecular complexity index is 658. The van der Waals surface area contributed by atoms with Crippen molar-refractivity contribution in [1.29, 1.82) is 0 Å². The number of primary amides is 1. The fraction of sp³-hybridized carbons (Fsp3) is 0.417. The van der Waals surface area contributed by atoms with Crippen molar-refractivity contribution >= 4 is 15.9 Å². The summed E-state index contributed by atoms with van der Waals surface area (Å²) in [6.07, 6.45) is -4.04. The number of ether oxygens (including phenoxy) is 1. The van der Waals surface area contributed by atoms with Gasteiger partial charge in [-0.2, -0.15) is 4.31 Å². The maximum absolute atomic E-state index is 12.4. The quantitative estimate of drug-likeness (QED) is 0.894. The Morgan fingerprint density at radius 1 is 1.27 bits per heavy atom. The van der Waals surface area contributed by atoms with Gasteiger partial charge in [0.2, 0.25) is 15.9 Å². The summed E-state index contributed by atoms with van der Waals surface area (Å²) >= 11 is 0. The molecule has 1 heterocycles. The van der Waals surface area contributed by atoms with E-state index in [1.54, 1.807) is 0 Å². The van der Waals surface area contributed by atoms with Crippen LogP contribution in [-0.4, -0.2) is 37.6 Å². The van der Waals surface area contributed by atoms with Gasteiger partial charge in [0.25, 0.3) is 0 Å². The molecule has 2 N–H and O–H groups in total. The number of halogens is 3. The summed E-state index contributed by atoms with van der Waals surface area (Å²) < 4.78 is 65.6. The van der Waals surface area contributed by atoms with Crippen molar-refractivity contribution in [3.8, 4) is 5.75 Å². The van der Waals surface area contributed by atoms with Crippen molar-refractivity contribution in [1.82, 2.24) is 4.31 Å². The molecule has 0 aliphatic carbocycles. The molecule has 0 aromatic heterocycles. The molecule has 6 nitrogen and oxygen atoms in total. The van der Waals surface area contributed by atoms with E-state index >= 15 is 0 Å². The Morgan fingerprint density at radius 3 is 2.36 bits per heavy atom. The maximum atomic E-state index is 12.4. The van der Waals surface area contributed by atoms with Gasteiger partial charge in [-0.1, -0.05) is 0 Å². The highest BCUT2D eigenvalue weighted by Gasteiger charge is 2.38. The number of hydrogen-bond acceptors (Lipinski definition) is 4. The van der Waals surface area contributed by atoms with Gasteiger partial charge in [-0.15, -0.1) is 13.2 Å². The highest BCUT2D eigenvalue weighted by molar-refractivity contribution is 7.89. The van der Waals surface area contributed by atoms with E-state index in [2.05, 4.69) is 4.74 Å². The molecule has 1 saturated heterocycles. The highest BCUT2D eigenvalue weighted by Crippen LogP contribution is 2.28. The van der Waals surface area contributed by atoms with E-state index in [0.717, 1.165) is 28.6 Å². The number of sulfonamides is 1. The number of alkyl halides is 3. The summed E-state index contributed by atoms with van der Waals surface area (Å²) in [5, 5.41) is 0. The number of benzene rings is 1. The summed E-state index contributed by atoms with van der Waals surface area (Å²) in [6.45, 7) is 0.136. The second-order valence-corrected chi connectivity index (χ2v) is 6.59. The molecule has 0 radical (unpaired) electrons. The maximum Gasteiger partial charge on any atom is 0.573 e. The van der Waals surface area contributed by atoms with Crippen molar-refractivity contribution in [2.24, 2.45) is 5.73 Å². The van der Waals surface area contributed by atoms with Crippen molar-refractivity contribution in [3.63, 3.8) is 0 Å². The fourth-order valence-corrected chi connectivity index (χ4v) is 3.93. The molecular weight excluding hydrogens is 325 g/mol. The highest BCUT2D eigenvalue weighted by atomic mass is 32.2. The Morgan fingerprint density at radius 2 is 1.86 bits per heavy atom. The lowest BCUT2D eigenvalue weighted by atomic mass is 10.2. The monoisotopic (exact) mass is 338 g/mol. The van der Waals surface area contributed by atoms with Crippen LogP contribution in [0.25, 0.3) is 0 Å². The minimum Gasteiger partial charge on any atom is -0.406 e. The van der Waals surface area contributed by atoms with E-state index in [0.29, 0.717) is 12.8 Å². The Labute approximate surface area is 124 Å². The second kappa shape index (κ2) is 5.76. The molecule has 2 rings (SSSR count). The third-order valence-electron chi connectivity index (χ3n) is 3.20. The van der Waals surface area contributed by atoms with E-state index in [4.69, 9.17) is 5.73 Å². The standard InChI is InChI=1S/C12H13F3N2O4S/c13-12(14,15)21-8-3-5-9(6-4-8)22(19,20)17-7-1-2-10(17)11(16)18/h3-6,10H,1-2,7H2,(H2,16,18)/t10-/m1/s1. The first kappa shape index (κ1) is 16.6. The van der Waals surface area contributed by atoms with Crippen LogP contribution in [0.2, 0.25) is 0 Å². The lowest BCUT2D eigenvalue weighted by molar-refractivity contribution is -0.274. The van der Waals surface area contributed by atoms with Crippen LogP contribution in [0, 0.1) is 0 Å². The zero-order valence-electron chi connectivity index (χ0n) is 11.2. The number of amides is 1. The number of nitrogens with two attached hydrogens (primary N) is 1. The third-order valence-corrected chi connectivity index (χ3v) is 5.12. The molecule has 1 aliphatic rings. The van der Waals surface area contributed by atoms with E-state index in [9.17, 15) is 26.4 Å². The number of hydrogen-bond donors (Lipinski definition) is 1. The molecule has 0 unspecified atom stereocenters. The third kappa shape index (κ3) is 3.50. The van der Waals surface area contributed by atoms with Gasteiger partial charge < -0.3 is 10.5 Å². The molecule has 122 valence electrons. The van der Waals surface area contributed by atoms with Crippen LogP contribution in [0.4, 0.5) is 13.2 Å². The van der Waals surface area contributed by atoms with E-state index < -0.39 is 34.1 Å². The fourth-order valence-electron chi connectivity index (χ4n) is 2.26. The molecule has 1 aromatic rings. The smallest absolute Gasteiger partial charge is 0.406 e. The first-order chi connectivity index (χ1) is 10.1. The van der Waals surface area contributed by atoms with Crippen LogP contribution in [0.5, 0.6) is 5.75 Å². The summed E-state index contributed by atoms with van der Waals surface area (Å²) in [5.41, 5.74) is 5.17. The molecule has 22 heavy (non-hydrogen) atoms. The van der Waals surface area contributed by atoms with E-state index in [-0.39, 0.29) is 11.4 Å². The summed E-state index contributed by atoms with van der Waals surface area (Å²) in [7, 11) is -4.00. The minimum atomic E-state index is -4.85. The molecule has 0 bridgehead atoms. The molecule has 1 fully saturated rings. The normalized spacial score (nSPS) is 20.0. The van der Waals surface area contributed by atoms with E-state index in [1.165, 1.54) is 0 Å². The Balaban J connectivity index is 2.25. The predicted octanol–water partition coefficient (Wildman–Crippen LogP) is 1.22. The first-order valence-corrected chi connectivity index (χ1v) is 7.72. The zero-order valence-corrected chi connectivity index (χ0v) is 12.0. The van der Waals surface area contributed by atoms with Crippen LogP contribution >= 0.6 is 0 Å². The average Bonchev–Trinajstić information content (AvgIpc) is 2.87. The van der Waals surface area contributed by atoms with Crippen LogP contribution in [0.3, 0.4) is 0 Å². The average molecular weight is 338 g/mol. The van der Waals surface area contributed by atoms with Gasteiger partial charge in [-0.05, 0) is 37.1 Å². The van der Waals surface area contributed by atoms with Gasteiger partial charge in [0.15, 0.2) is 0 Å². The summed E-state index contributed by atoms with van der Waals surface area (Å²) in [4.78, 5) is 11.0. The van der Waals surface area contributed by atoms with Gasteiger partial charge in [0.05, 0.1) is 4.90 Å². The Hall–Kier alpha value is -1.81. The largest absolute Gasteiger partial charge is 0.573 e. The molecule has 1 amide bonds. The lowest BCUT2D eigenvalue weighted by Gasteiger charge is -2.21. The van der Waals surface area contributed by atoms with Crippen molar-refractivity contribution in [3.05, 3.63) is 24.3 Å². The van der Waals surface area contributed by atoms with Crippen LogP contribution in [0.15, 0.2) is 29.2 Å². The topological polar surface area (TPSA) is 89.7 Å². The number of carbonyl (C=O) groups excluding carboxylic acids is 1. The second-order valence-electron chi connectivity index (χ2n) is 4.70. The van der Waals surface area contributed by atoms with E-state index in [1.807, 2.05) is 0 Å². The molecular formula is C12H13F3N2O4S. The zero-order chi connectivity index (χ0) is 16.5. The van der Waals surface area contributed by atoms with Gasteiger partial charge in [-0.3, -0.25) is 4.79 Å². The molecule has 1 atom stereocenters. The first-order valence-electron chi connectivity index (χ1n) is 6.28. The van der Waals surface area contributed by atoms with Crippen LogP contribution < -0.4 is 10.5 Å².